The van der Waals surface area contributed by atoms with Crippen LogP contribution < -0.4 is 14.4 Å². The molecule has 0 N–H and O–H groups in total. The summed E-state index contributed by atoms with van der Waals surface area (Å²) in [5, 5.41) is 0. The lowest BCUT2D eigenvalue weighted by Crippen LogP contribution is -2.45. The molecule has 39 heavy (non-hydrogen) atoms. The fourth-order valence-electron chi connectivity index (χ4n) is 4.82. The molecule has 0 unspecified atom stereocenters. The highest BCUT2D eigenvalue weighted by atomic mass is 35.5. The predicted octanol–water partition coefficient (Wildman–Crippen LogP) is 7.48. The molecular formula is C26H31ClF6N2O4. The molecule has 0 spiro atoms. The van der Waals surface area contributed by atoms with Crippen molar-refractivity contribution in [1.29, 1.82) is 0 Å². The van der Waals surface area contributed by atoms with Crippen LogP contribution in [-0.2, 0) is 23.6 Å². The molecule has 3 rings (SSSR count). The van der Waals surface area contributed by atoms with Crippen LogP contribution >= 0.6 is 12.4 Å². The van der Waals surface area contributed by atoms with Crippen LogP contribution in [0, 0.1) is 0 Å². The van der Waals surface area contributed by atoms with E-state index >= 15 is 0 Å². The van der Waals surface area contributed by atoms with Crippen LogP contribution in [0.5, 0.6) is 11.5 Å². The molecule has 218 valence electrons. The fraction of sp³-hybridized carbons (Fsp3) is 0.500. The lowest BCUT2D eigenvalue weighted by atomic mass is 9.89. The Balaban J connectivity index is 0.00000533. The van der Waals surface area contributed by atoms with Gasteiger partial charge >= 0.3 is 18.4 Å². The van der Waals surface area contributed by atoms with E-state index in [4.69, 9.17) is 14.2 Å². The van der Waals surface area contributed by atoms with Gasteiger partial charge in [-0.3, -0.25) is 4.90 Å². The van der Waals surface area contributed by atoms with Crippen molar-refractivity contribution in [3.05, 3.63) is 52.6 Å². The summed E-state index contributed by atoms with van der Waals surface area (Å²) in [6, 6.07) is 3.88. The van der Waals surface area contributed by atoms with E-state index in [2.05, 4.69) is 4.90 Å². The van der Waals surface area contributed by atoms with Crippen LogP contribution in [0.25, 0.3) is 0 Å². The topological polar surface area (TPSA) is 51.2 Å². The zero-order chi connectivity index (χ0) is 28.4. The maximum Gasteiger partial charge on any atom is 0.416 e. The van der Waals surface area contributed by atoms with Crippen molar-refractivity contribution in [1.82, 2.24) is 4.90 Å². The Morgan fingerprint density at radius 1 is 0.949 bits per heavy atom. The number of carbonyl (C=O) groups excluding carboxylic acids is 1. The molecule has 0 aliphatic carbocycles. The Hall–Kier alpha value is -3.02. The number of hydrogen-bond acceptors (Lipinski definition) is 5. The maximum absolute atomic E-state index is 13.5. The van der Waals surface area contributed by atoms with Crippen molar-refractivity contribution in [3.8, 4) is 11.5 Å². The molecular weight excluding hydrogens is 554 g/mol. The lowest BCUT2D eigenvalue weighted by Gasteiger charge is -2.44. The number of ether oxygens (including phenoxy) is 3. The van der Waals surface area contributed by atoms with Gasteiger partial charge in [-0.15, -0.1) is 12.4 Å². The second-order valence-electron chi connectivity index (χ2n) is 9.07. The third-order valence-electron chi connectivity index (χ3n) is 6.55. The van der Waals surface area contributed by atoms with Crippen LogP contribution in [0.15, 0.2) is 30.3 Å². The van der Waals surface area contributed by atoms with E-state index in [1.165, 1.54) is 14.2 Å². The highest BCUT2D eigenvalue weighted by Gasteiger charge is 2.40. The van der Waals surface area contributed by atoms with Crippen LogP contribution in [0.1, 0.15) is 55.0 Å². The first-order chi connectivity index (χ1) is 17.7. The molecule has 1 heterocycles. The number of anilines is 1. The number of rotatable bonds is 7. The summed E-state index contributed by atoms with van der Waals surface area (Å²) in [5.74, 6) is 0.808. The molecule has 1 amide bonds. The Morgan fingerprint density at radius 3 is 1.95 bits per heavy atom. The van der Waals surface area contributed by atoms with Gasteiger partial charge in [0, 0.05) is 36.4 Å². The van der Waals surface area contributed by atoms with Gasteiger partial charge in [-0.2, -0.15) is 26.3 Å². The van der Waals surface area contributed by atoms with Crippen LogP contribution in [0.3, 0.4) is 0 Å². The van der Waals surface area contributed by atoms with Crippen molar-refractivity contribution in [2.75, 3.05) is 32.8 Å². The van der Waals surface area contributed by atoms with Gasteiger partial charge < -0.3 is 19.1 Å². The smallest absolute Gasteiger partial charge is 0.416 e. The molecule has 13 heteroatoms. The van der Waals surface area contributed by atoms with Crippen molar-refractivity contribution in [2.45, 2.75) is 57.7 Å². The number of hydrogen-bond donors (Lipinski definition) is 0. The Bertz CT molecular complexity index is 1130. The summed E-state index contributed by atoms with van der Waals surface area (Å²) in [4.78, 5) is 16.2. The molecule has 0 radical (unpaired) electrons. The zero-order valence-corrected chi connectivity index (χ0v) is 22.9. The molecule has 6 nitrogen and oxygen atoms in total. The molecule has 0 aromatic heterocycles. The van der Waals surface area contributed by atoms with E-state index in [-0.39, 0.29) is 30.1 Å². The minimum Gasteiger partial charge on any atom is -0.493 e. The van der Waals surface area contributed by atoms with Crippen molar-refractivity contribution < 1.29 is 45.3 Å². The van der Waals surface area contributed by atoms with Gasteiger partial charge in [-0.25, -0.2) is 4.79 Å². The molecule has 2 aromatic rings. The Morgan fingerprint density at radius 2 is 1.49 bits per heavy atom. The van der Waals surface area contributed by atoms with E-state index in [0.717, 1.165) is 24.1 Å². The van der Waals surface area contributed by atoms with Crippen LogP contribution in [-0.4, -0.2) is 44.9 Å². The number of carbonyl (C=O) groups is 1. The first-order valence-electron chi connectivity index (χ1n) is 11.9. The average molecular weight is 585 g/mol. The van der Waals surface area contributed by atoms with E-state index in [1.807, 2.05) is 13.8 Å². The number of alkyl halides is 6. The van der Waals surface area contributed by atoms with Gasteiger partial charge in [0.15, 0.2) is 11.5 Å². The molecule has 2 aromatic carbocycles. The van der Waals surface area contributed by atoms with Gasteiger partial charge in [0.05, 0.1) is 38.5 Å². The van der Waals surface area contributed by atoms with E-state index in [0.29, 0.717) is 42.2 Å². The summed E-state index contributed by atoms with van der Waals surface area (Å²) in [6.45, 7) is 4.07. The van der Waals surface area contributed by atoms with Gasteiger partial charge in [0.1, 0.15) is 0 Å². The minimum absolute atomic E-state index is 0. The number of halogens is 7. The lowest BCUT2D eigenvalue weighted by molar-refractivity contribution is -0.143. The van der Waals surface area contributed by atoms with E-state index < -0.39 is 42.2 Å². The van der Waals surface area contributed by atoms with Crippen molar-refractivity contribution >= 4 is 24.2 Å². The first-order valence-corrected chi connectivity index (χ1v) is 11.9. The summed E-state index contributed by atoms with van der Waals surface area (Å²) in [5.41, 5.74) is -1.90. The van der Waals surface area contributed by atoms with Crippen molar-refractivity contribution in [2.24, 2.45) is 0 Å². The summed E-state index contributed by atoms with van der Waals surface area (Å²) < 4.78 is 96.6. The van der Waals surface area contributed by atoms with Gasteiger partial charge in [-0.05, 0) is 49.6 Å². The highest BCUT2D eigenvalue weighted by molar-refractivity contribution is 5.85. The SMILES string of the molecule is CCCN1c2cc(OC)c(OC)cc2[C@H](N(Cc2cc(C(F)(F)F)cc(C(F)(F)F)c2)C(=O)OC)C[C@@H]1C.Cl. The third kappa shape index (κ3) is 6.95. The zero-order valence-electron chi connectivity index (χ0n) is 22.1. The summed E-state index contributed by atoms with van der Waals surface area (Å²) >= 11 is 0. The Kier molecular flexibility index (Phi) is 10.3. The number of fused-ring (bicyclic) bond motifs is 1. The van der Waals surface area contributed by atoms with Gasteiger partial charge in [-0.1, -0.05) is 6.92 Å². The third-order valence-corrected chi connectivity index (χ3v) is 6.55. The number of nitrogens with zero attached hydrogens (tertiary/aromatic N) is 2. The highest BCUT2D eigenvalue weighted by Crippen LogP contribution is 2.46. The molecule has 0 saturated heterocycles. The van der Waals surface area contributed by atoms with Gasteiger partial charge in [0.25, 0.3) is 0 Å². The number of amides is 1. The van der Waals surface area contributed by atoms with E-state index in [9.17, 15) is 31.1 Å². The normalized spacial score (nSPS) is 17.2. The first kappa shape index (κ1) is 32.2. The standard InChI is InChI=1S/C26H30F6N2O4.ClH/c1-6-7-33-15(2)8-20(19-12-22(36-3)23(37-4)13-21(19)33)34(24(35)38-5)14-16-9-17(25(27,28)29)11-18(10-16)26(30,31)32;/h9-13,15,20H,6-8,14H2,1-5H3;1H/t15-,20+;/m0./s1. The largest absolute Gasteiger partial charge is 0.493 e. The average Bonchev–Trinajstić information content (AvgIpc) is 2.86. The fourth-order valence-corrected chi connectivity index (χ4v) is 4.82. The molecule has 2 atom stereocenters. The van der Waals surface area contributed by atoms with Crippen molar-refractivity contribution in [3.63, 3.8) is 0 Å². The maximum atomic E-state index is 13.5. The molecule has 0 bridgehead atoms. The van der Waals surface area contributed by atoms with Crippen LogP contribution in [0.2, 0.25) is 0 Å². The quantitative estimate of drug-likeness (QED) is 0.316. The second kappa shape index (κ2) is 12.4. The summed E-state index contributed by atoms with van der Waals surface area (Å²) in [6.07, 6.45) is -9.75. The predicted molar refractivity (Wildman–Crippen MR) is 136 cm³/mol. The Labute approximate surface area is 229 Å². The van der Waals surface area contributed by atoms with E-state index in [1.54, 1.807) is 12.1 Å². The minimum atomic E-state index is -5.01. The summed E-state index contributed by atoms with van der Waals surface area (Å²) in [7, 11) is 4.02. The number of benzene rings is 2. The second-order valence-corrected chi connectivity index (χ2v) is 9.07. The number of methoxy groups -OCH3 is 3. The molecule has 0 saturated carbocycles. The molecule has 1 aliphatic heterocycles. The monoisotopic (exact) mass is 584 g/mol. The van der Waals surface area contributed by atoms with Crippen LogP contribution in [0.4, 0.5) is 36.8 Å². The molecule has 0 fully saturated rings. The molecule has 1 aliphatic rings. The van der Waals surface area contributed by atoms with Gasteiger partial charge in [0.2, 0.25) is 0 Å².